The van der Waals surface area contributed by atoms with Crippen molar-refractivity contribution in [1.82, 2.24) is 10.0 Å². The maximum absolute atomic E-state index is 12.6. The summed E-state index contributed by atoms with van der Waals surface area (Å²) in [5.74, 6) is 0. The summed E-state index contributed by atoms with van der Waals surface area (Å²) in [6, 6.07) is 11.1. The molecule has 3 rings (SSSR count). The lowest BCUT2D eigenvalue weighted by atomic mass is 9.81. The Morgan fingerprint density at radius 3 is 2.46 bits per heavy atom. The molecule has 0 aliphatic carbocycles. The molecule has 2 aromatic carbocycles. The van der Waals surface area contributed by atoms with E-state index in [4.69, 9.17) is 0 Å². The van der Waals surface area contributed by atoms with Gasteiger partial charge in [0.1, 0.15) is 0 Å². The van der Waals surface area contributed by atoms with Gasteiger partial charge in [-0.25, -0.2) is 13.1 Å². The molecule has 1 saturated heterocycles. The number of rotatable bonds is 4. The highest BCUT2D eigenvalue weighted by molar-refractivity contribution is 9.10. The molecule has 4 nitrogen and oxygen atoms in total. The van der Waals surface area contributed by atoms with Crippen LogP contribution in [0.5, 0.6) is 0 Å². The van der Waals surface area contributed by atoms with Crippen LogP contribution in [-0.4, -0.2) is 28.1 Å². The second kappa shape index (κ2) is 7.70. The van der Waals surface area contributed by atoms with Crippen molar-refractivity contribution >= 4 is 49.1 Å². The normalized spacial score (nSPS) is 17.4. The van der Waals surface area contributed by atoms with Crippen LogP contribution in [0.3, 0.4) is 0 Å². The van der Waals surface area contributed by atoms with Gasteiger partial charge in [0.15, 0.2) is 0 Å². The highest BCUT2D eigenvalue weighted by Crippen LogP contribution is 2.28. The molecule has 0 saturated carbocycles. The van der Waals surface area contributed by atoms with E-state index in [1.54, 1.807) is 12.1 Å². The molecule has 0 spiro atoms. The van der Waals surface area contributed by atoms with E-state index < -0.39 is 10.0 Å². The molecule has 0 radical (unpaired) electrons. The standard InChI is InChI=1S/C17H21BrN2O2S.ClH/c1-17(6-8-19-9-7-17)12-20-23(21,22)16-5-3-13-10-15(18)4-2-14(13)11-16;/h2-5,10-11,19-20H,6-9,12H2,1H3;1H. The Hall–Kier alpha value is -0.660. The summed E-state index contributed by atoms with van der Waals surface area (Å²) in [6.07, 6.45) is 1.97. The fourth-order valence-electron chi connectivity index (χ4n) is 2.92. The molecule has 24 heavy (non-hydrogen) atoms. The Morgan fingerprint density at radius 2 is 1.75 bits per heavy atom. The Kier molecular flexibility index (Phi) is 6.31. The zero-order chi connectivity index (χ0) is 16.5. The van der Waals surface area contributed by atoms with Gasteiger partial charge in [-0.05, 0) is 66.4 Å². The SMILES string of the molecule is CC1(CNS(=O)(=O)c2ccc3cc(Br)ccc3c2)CCNCC1.Cl. The Balaban J connectivity index is 0.00000208. The molecule has 1 fully saturated rings. The van der Waals surface area contributed by atoms with Crippen LogP contribution in [0, 0.1) is 5.41 Å². The molecule has 1 heterocycles. The molecule has 0 aromatic heterocycles. The van der Waals surface area contributed by atoms with Gasteiger partial charge < -0.3 is 5.32 Å². The number of hydrogen-bond donors (Lipinski definition) is 2. The van der Waals surface area contributed by atoms with Gasteiger partial charge in [-0.3, -0.25) is 0 Å². The third-order valence-electron chi connectivity index (χ3n) is 4.58. The maximum Gasteiger partial charge on any atom is 0.240 e. The number of benzene rings is 2. The highest BCUT2D eigenvalue weighted by Gasteiger charge is 2.28. The van der Waals surface area contributed by atoms with Crippen molar-refractivity contribution in [3.05, 3.63) is 40.9 Å². The number of hydrogen-bond acceptors (Lipinski definition) is 3. The van der Waals surface area contributed by atoms with Gasteiger partial charge in [0.05, 0.1) is 4.90 Å². The van der Waals surface area contributed by atoms with Crippen LogP contribution >= 0.6 is 28.3 Å². The zero-order valence-electron chi connectivity index (χ0n) is 13.5. The highest BCUT2D eigenvalue weighted by atomic mass is 79.9. The van der Waals surface area contributed by atoms with Crippen LogP contribution in [-0.2, 0) is 10.0 Å². The van der Waals surface area contributed by atoms with E-state index in [9.17, 15) is 8.42 Å². The van der Waals surface area contributed by atoms with Gasteiger partial charge >= 0.3 is 0 Å². The monoisotopic (exact) mass is 432 g/mol. The summed E-state index contributed by atoms with van der Waals surface area (Å²) in [6.45, 7) is 4.52. The first kappa shape index (κ1) is 19.7. The predicted octanol–water partition coefficient (Wildman–Crippen LogP) is 3.69. The number of halogens is 2. The summed E-state index contributed by atoms with van der Waals surface area (Å²) in [7, 11) is -3.48. The quantitative estimate of drug-likeness (QED) is 0.773. The van der Waals surface area contributed by atoms with Gasteiger partial charge in [-0.15, -0.1) is 12.4 Å². The van der Waals surface area contributed by atoms with Crippen LogP contribution in [0.25, 0.3) is 10.8 Å². The van der Waals surface area contributed by atoms with Gasteiger partial charge in [0.2, 0.25) is 10.0 Å². The first-order valence-corrected chi connectivity index (χ1v) is 10.1. The Bertz CT molecular complexity index is 820. The molecule has 7 heteroatoms. The lowest BCUT2D eigenvalue weighted by Crippen LogP contribution is -2.42. The molecular weight excluding hydrogens is 412 g/mol. The van der Waals surface area contributed by atoms with E-state index in [1.807, 2.05) is 24.3 Å². The van der Waals surface area contributed by atoms with E-state index in [-0.39, 0.29) is 17.8 Å². The molecule has 1 aliphatic heterocycles. The van der Waals surface area contributed by atoms with Crippen LogP contribution in [0.1, 0.15) is 19.8 Å². The van der Waals surface area contributed by atoms with E-state index in [0.29, 0.717) is 11.4 Å². The van der Waals surface area contributed by atoms with E-state index in [0.717, 1.165) is 41.2 Å². The third kappa shape index (κ3) is 4.49. The second-order valence-corrected chi connectivity index (χ2v) is 9.22. The lowest BCUT2D eigenvalue weighted by Gasteiger charge is -2.34. The minimum absolute atomic E-state index is 0. The Labute approximate surface area is 158 Å². The van der Waals surface area contributed by atoms with Crippen molar-refractivity contribution < 1.29 is 8.42 Å². The van der Waals surface area contributed by atoms with Crippen molar-refractivity contribution in [3.8, 4) is 0 Å². The molecular formula is C17H22BrClN2O2S. The minimum atomic E-state index is -3.48. The van der Waals surface area contributed by atoms with Gasteiger partial charge in [-0.1, -0.05) is 35.0 Å². The molecule has 0 unspecified atom stereocenters. The first-order valence-electron chi connectivity index (χ1n) is 7.78. The van der Waals surface area contributed by atoms with Crippen molar-refractivity contribution in [3.63, 3.8) is 0 Å². The fourth-order valence-corrected chi connectivity index (χ4v) is 4.53. The van der Waals surface area contributed by atoms with Crippen LogP contribution in [0.2, 0.25) is 0 Å². The van der Waals surface area contributed by atoms with Crippen molar-refractivity contribution in [2.75, 3.05) is 19.6 Å². The number of piperidine rings is 1. The Morgan fingerprint density at radius 1 is 1.12 bits per heavy atom. The third-order valence-corrected chi connectivity index (χ3v) is 6.48. The largest absolute Gasteiger partial charge is 0.317 e. The van der Waals surface area contributed by atoms with Gasteiger partial charge in [-0.2, -0.15) is 0 Å². The molecule has 0 bridgehead atoms. The fraction of sp³-hybridized carbons (Fsp3) is 0.412. The van der Waals surface area contributed by atoms with Crippen LogP contribution in [0.15, 0.2) is 45.8 Å². The molecule has 1 aliphatic rings. The van der Waals surface area contributed by atoms with Gasteiger partial charge in [0.25, 0.3) is 0 Å². The molecule has 0 amide bonds. The second-order valence-electron chi connectivity index (χ2n) is 6.54. The van der Waals surface area contributed by atoms with Gasteiger partial charge in [0, 0.05) is 11.0 Å². The average molecular weight is 434 g/mol. The predicted molar refractivity (Wildman–Crippen MR) is 104 cm³/mol. The smallest absolute Gasteiger partial charge is 0.240 e. The molecule has 132 valence electrons. The lowest BCUT2D eigenvalue weighted by molar-refractivity contribution is 0.232. The van der Waals surface area contributed by atoms with Crippen LogP contribution in [0.4, 0.5) is 0 Å². The molecule has 2 N–H and O–H groups in total. The topological polar surface area (TPSA) is 58.2 Å². The zero-order valence-corrected chi connectivity index (χ0v) is 16.7. The first-order chi connectivity index (χ1) is 10.9. The number of fused-ring (bicyclic) bond motifs is 1. The van der Waals surface area contributed by atoms with Crippen molar-refractivity contribution in [1.29, 1.82) is 0 Å². The van der Waals surface area contributed by atoms with E-state index >= 15 is 0 Å². The summed E-state index contributed by atoms with van der Waals surface area (Å²) in [5, 5.41) is 5.25. The number of sulfonamides is 1. The van der Waals surface area contributed by atoms with E-state index in [1.165, 1.54) is 0 Å². The minimum Gasteiger partial charge on any atom is -0.317 e. The van der Waals surface area contributed by atoms with E-state index in [2.05, 4.69) is 32.9 Å². The molecule has 2 aromatic rings. The summed E-state index contributed by atoms with van der Waals surface area (Å²) >= 11 is 3.43. The number of nitrogens with one attached hydrogen (secondary N) is 2. The van der Waals surface area contributed by atoms with Crippen LogP contribution < -0.4 is 10.0 Å². The average Bonchev–Trinajstić information content (AvgIpc) is 2.53. The van der Waals surface area contributed by atoms with Crippen molar-refractivity contribution in [2.24, 2.45) is 5.41 Å². The molecule has 0 atom stereocenters. The maximum atomic E-state index is 12.6. The van der Waals surface area contributed by atoms with Crippen molar-refractivity contribution in [2.45, 2.75) is 24.7 Å². The summed E-state index contributed by atoms with van der Waals surface area (Å²) in [4.78, 5) is 0.324. The summed E-state index contributed by atoms with van der Waals surface area (Å²) < 4.78 is 29.0. The summed E-state index contributed by atoms with van der Waals surface area (Å²) in [5.41, 5.74) is 0.0278.